The predicted octanol–water partition coefficient (Wildman–Crippen LogP) is 3.35. The summed E-state index contributed by atoms with van der Waals surface area (Å²) in [6, 6.07) is 7.21. The molecule has 0 radical (unpaired) electrons. The summed E-state index contributed by atoms with van der Waals surface area (Å²) >= 11 is 0. The zero-order valence-electron chi connectivity index (χ0n) is 10.4. The summed E-state index contributed by atoms with van der Waals surface area (Å²) in [4.78, 5) is 2.55. The molecule has 88 valence electrons. The normalized spacial score (nSPS) is 15.1. The van der Waals surface area contributed by atoms with Gasteiger partial charge in [-0.3, -0.25) is 0 Å². The fourth-order valence-electron chi connectivity index (χ4n) is 2.08. The molecular formula is C14H22N2. The molecule has 1 aromatic carbocycles. The van der Waals surface area contributed by atoms with E-state index in [0.29, 0.717) is 0 Å². The van der Waals surface area contributed by atoms with Gasteiger partial charge >= 0.3 is 0 Å². The number of anilines is 2. The zero-order chi connectivity index (χ0) is 11.5. The number of nitrogen functional groups attached to an aromatic ring is 1. The van der Waals surface area contributed by atoms with E-state index in [2.05, 4.69) is 30.9 Å². The van der Waals surface area contributed by atoms with Crippen LogP contribution in [0.3, 0.4) is 0 Å². The van der Waals surface area contributed by atoms with E-state index in [4.69, 9.17) is 5.73 Å². The molecule has 16 heavy (non-hydrogen) atoms. The van der Waals surface area contributed by atoms with Crippen LogP contribution in [-0.4, -0.2) is 12.6 Å². The van der Waals surface area contributed by atoms with Crippen LogP contribution in [0.15, 0.2) is 18.2 Å². The van der Waals surface area contributed by atoms with Gasteiger partial charge in [0, 0.05) is 24.0 Å². The molecule has 1 aliphatic carbocycles. The first-order chi connectivity index (χ1) is 7.72. The fourth-order valence-corrected chi connectivity index (χ4v) is 2.08. The first-order valence-corrected chi connectivity index (χ1v) is 6.35. The Balaban J connectivity index is 2.14. The molecule has 0 unspecified atom stereocenters. The van der Waals surface area contributed by atoms with Gasteiger partial charge in [0.25, 0.3) is 0 Å². The highest BCUT2D eigenvalue weighted by Gasteiger charge is 2.28. The lowest BCUT2D eigenvalue weighted by molar-refractivity contribution is 0.713. The van der Waals surface area contributed by atoms with Crippen molar-refractivity contribution in [2.24, 2.45) is 0 Å². The van der Waals surface area contributed by atoms with Crippen molar-refractivity contribution < 1.29 is 0 Å². The van der Waals surface area contributed by atoms with Crippen molar-refractivity contribution in [1.82, 2.24) is 0 Å². The number of hydrogen-bond acceptors (Lipinski definition) is 2. The molecule has 0 bridgehead atoms. The van der Waals surface area contributed by atoms with Crippen molar-refractivity contribution in [2.75, 3.05) is 17.2 Å². The topological polar surface area (TPSA) is 29.3 Å². The van der Waals surface area contributed by atoms with E-state index < -0.39 is 0 Å². The van der Waals surface area contributed by atoms with E-state index in [1.54, 1.807) is 0 Å². The van der Waals surface area contributed by atoms with Crippen LogP contribution < -0.4 is 10.6 Å². The van der Waals surface area contributed by atoms with Crippen LogP contribution in [-0.2, 0) is 0 Å². The largest absolute Gasteiger partial charge is 0.399 e. The minimum Gasteiger partial charge on any atom is -0.399 e. The molecule has 2 rings (SSSR count). The van der Waals surface area contributed by atoms with Gasteiger partial charge in [0.2, 0.25) is 0 Å². The van der Waals surface area contributed by atoms with E-state index in [1.165, 1.54) is 43.5 Å². The maximum absolute atomic E-state index is 5.86. The van der Waals surface area contributed by atoms with Crippen molar-refractivity contribution in [2.45, 2.75) is 45.6 Å². The number of rotatable bonds is 5. The molecule has 0 aromatic heterocycles. The monoisotopic (exact) mass is 218 g/mol. The number of nitrogens with two attached hydrogens (primary N) is 1. The van der Waals surface area contributed by atoms with Crippen molar-refractivity contribution >= 4 is 11.4 Å². The number of nitrogens with zero attached hydrogens (tertiary/aromatic N) is 1. The molecule has 0 heterocycles. The van der Waals surface area contributed by atoms with Crippen LogP contribution >= 0.6 is 0 Å². The van der Waals surface area contributed by atoms with Crippen LogP contribution in [0.5, 0.6) is 0 Å². The molecule has 0 aliphatic heterocycles. The van der Waals surface area contributed by atoms with Crippen molar-refractivity contribution in [3.05, 3.63) is 23.8 Å². The van der Waals surface area contributed by atoms with E-state index in [9.17, 15) is 0 Å². The van der Waals surface area contributed by atoms with Crippen LogP contribution in [0.2, 0.25) is 0 Å². The van der Waals surface area contributed by atoms with Crippen LogP contribution in [0.25, 0.3) is 0 Å². The summed E-state index contributed by atoms with van der Waals surface area (Å²) in [7, 11) is 0. The third-order valence-corrected chi connectivity index (χ3v) is 3.33. The molecule has 0 amide bonds. The lowest BCUT2D eigenvalue weighted by atomic mass is 10.1. The van der Waals surface area contributed by atoms with Crippen molar-refractivity contribution in [3.63, 3.8) is 0 Å². The molecule has 1 fully saturated rings. The molecule has 1 aromatic rings. The number of aryl methyl sites for hydroxylation is 1. The van der Waals surface area contributed by atoms with Crippen molar-refractivity contribution in [1.29, 1.82) is 0 Å². The van der Waals surface area contributed by atoms with Gasteiger partial charge in [-0.25, -0.2) is 0 Å². The maximum atomic E-state index is 5.86. The molecule has 2 heteroatoms. The highest BCUT2D eigenvalue weighted by Crippen LogP contribution is 2.33. The Kier molecular flexibility index (Phi) is 3.37. The van der Waals surface area contributed by atoms with Gasteiger partial charge in [-0.1, -0.05) is 13.3 Å². The van der Waals surface area contributed by atoms with Gasteiger partial charge in [0.15, 0.2) is 0 Å². The highest BCUT2D eigenvalue weighted by molar-refractivity contribution is 5.59. The molecule has 0 atom stereocenters. The Bertz CT molecular complexity index is 356. The zero-order valence-corrected chi connectivity index (χ0v) is 10.4. The molecule has 0 spiro atoms. The van der Waals surface area contributed by atoms with Crippen molar-refractivity contribution in [3.8, 4) is 0 Å². The Morgan fingerprint density at radius 1 is 1.38 bits per heavy atom. The fraction of sp³-hybridized carbons (Fsp3) is 0.571. The number of unbranched alkanes of at least 4 members (excludes halogenated alkanes) is 1. The Hall–Kier alpha value is -1.18. The first-order valence-electron chi connectivity index (χ1n) is 6.35. The smallest absolute Gasteiger partial charge is 0.0372 e. The first kappa shape index (κ1) is 11.3. The Morgan fingerprint density at radius 3 is 2.69 bits per heavy atom. The summed E-state index contributed by atoms with van der Waals surface area (Å²) in [5.74, 6) is 0. The summed E-state index contributed by atoms with van der Waals surface area (Å²) in [6.07, 6.45) is 5.25. The lowest BCUT2D eigenvalue weighted by Gasteiger charge is -2.25. The molecule has 0 saturated heterocycles. The highest BCUT2D eigenvalue weighted by atomic mass is 15.2. The number of benzene rings is 1. The third kappa shape index (κ3) is 2.49. The van der Waals surface area contributed by atoms with Gasteiger partial charge < -0.3 is 10.6 Å². The maximum Gasteiger partial charge on any atom is 0.0372 e. The summed E-state index contributed by atoms with van der Waals surface area (Å²) in [5, 5.41) is 0. The van der Waals surface area contributed by atoms with Crippen LogP contribution in [0.1, 0.15) is 38.2 Å². The van der Waals surface area contributed by atoms with E-state index in [1.807, 2.05) is 6.07 Å². The molecule has 2 nitrogen and oxygen atoms in total. The minimum absolute atomic E-state index is 0.787. The van der Waals surface area contributed by atoms with Gasteiger partial charge in [0.05, 0.1) is 0 Å². The van der Waals surface area contributed by atoms with E-state index >= 15 is 0 Å². The number of hydrogen-bond donors (Lipinski definition) is 1. The molecule has 2 N–H and O–H groups in total. The third-order valence-electron chi connectivity index (χ3n) is 3.33. The molecule has 1 saturated carbocycles. The van der Waals surface area contributed by atoms with Gasteiger partial charge in [-0.2, -0.15) is 0 Å². The SMILES string of the molecule is CCCCN(c1ccc(N)c(C)c1)C1CC1. The predicted molar refractivity (Wildman–Crippen MR) is 70.9 cm³/mol. The minimum atomic E-state index is 0.787. The second kappa shape index (κ2) is 4.77. The summed E-state index contributed by atoms with van der Waals surface area (Å²) < 4.78 is 0. The molecule has 1 aliphatic rings. The van der Waals surface area contributed by atoms with E-state index in [0.717, 1.165) is 11.7 Å². The van der Waals surface area contributed by atoms with Crippen LogP contribution in [0, 0.1) is 6.92 Å². The summed E-state index contributed by atoms with van der Waals surface area (Å²) in [6.45, 7) is 5.52. The van der Waals surface area contributed by atoms with Crippen LogP contribution in [0.4, 0.5) is 11.4 Å². The van der Waals surface area contributed by atoms with Gasteiger partial charge in [-0.15, -0.1) is 0 Å². The second-order valence-corrected chi connectivity index (χ2v) is 4.82. The van der Waals surface area contributed by atoms with Gasteiger partial charge in [0.1, 0.15) is 0 Å². The van der Waals surface area contributed by atoms with Gasteiger partial charge in [-0.05, 0) is 49.9 Å². The molecular weight excluding hydrogens is 196 g/mol. The standard InChI is InChI=1S/C14H22N2/c1-3-4-9-16(12-5-6-12)13-7-8-14(15)11(2)10-13/h7-8,10,12H,3-6,9,15H2,1-2H3. The average Bonchev–Trinajstić information content (AvgIpc) is 3.08. The quantitative estimate of drug-likeness (QED) is 0.768. The van der Waals surface area contributed by atoms with E-state index in [-0.39, 0.29) is 0 Å². The average molecular weight is 218 g/mol. The Labute approximate surface area is 98.4 Å². The lowest BCUT2D eigenvalue weighted by Crippen LogP contribution is -2.26. The summed E-state index contributed by atoms with van der Waals surface area (Å²) in [5.41, 5.74) is 9.30. The second-order valence-electron chi connectivity index (χ2n) is 4.82. The Morgan fingerprint density at radius 2 is 2.12 bits per heavy atom.